The summed E-state index contributed by atoms with van der Waals surface area (Å²) in [6, 6.07) is 8.54. The number of nitrogens with zero attached hydrogens (tertiary/aromatic N) is 1. The Morgan fingerprint density at radius 1 is 1.32 bits per heavy atom. The first-order chi connectivity index (χ1) is 10.5. The number of fused-ring (bicyclic) bond motifs is 1. The molecule has 0 unspecified atom stereocenters. The van der Waals surface area contributed by atoms with Crippen molar-refractivity contribution < 1.29 is 19.1 Å². The number of benzene rings is 1. The monoisotopic (exact) mass is 315 g/mol. The number of hydrogen-bond acceptors (Lipinski definition) is 5. The van der Waals surface area contributed by atoms with Crippen LogP contribution in [0.5, 0.6) is 11.5 Å². The molecule has 0 radical (unpaired) electrons. The molecule has 1 amide bonds. The zero-order valence-electron chi connectivity index (χ0n) is 12.0. The zero-order chi connectivity index (χ0) is 15.7. The lowest BCUT2D eigenvalue weighted by atomic mass is 10.1. The molecule has 0 saturated carbocycles. The van der Waals surface area contributed by atoms with Gasteiger partial charge in [-0.2, -0.15) is 0 Å². The second-order valence-corrected chi connectivity index (χ2v) is 5.85. The number of ketones is 1. The summed E-state index contributed by atoms with van der Waals surface area (Å²) in [6.45, 7) is 0. The van der Waals surface area contributed by atoms with Gasteiger partial charge in [0.15, 0.2) is 5.76 Å². The van der Waals surface area contributed by atoms with Gasteiger partial charge in [0.2, 0.25) is 5.78 Å². The first kappa shape index (κ1) is 14.3. The largest absolute Gasteiger partial charge is 0.452 e. The lowest BCUT2D eigenvalue weighted by molar-refractivity contribution is 0.101. The van der Waals surface area contributed by atoms with E-state index in [1.54, 1.807) is 38.4 Å². The fourth-order valence-electron chi connectivity index (χ4n) is 1.93. The molecule has 5 nitrogen and oxygen atoms in total. The number of carbonyl (C=O) groups excluding carboxylic acids is 2. The third kappa shape index (κ3) is 2.73. The van der Waals surface area contributed by atoms with Crippen molar-refractivity contribution in [3.63, 3.8) is 0 Å². The predicted octanol–water partition coefficient (Wildman–Crippen LogP) is 3.42. The fraction of sp³-hybridized carbons (Fsp3) is 0.125. The van der Waals surface area contributed by atoms with Crippen LogP contribution in [0, 0.1) is 0 Å². The second kappa shape index (κ2) is 5.65. The molecule has 1 aromatic carbocycles. The summed E-state index contributed by atoms with van der Waals surface area (Å²) < 4.78 is 10.7. The maximum absolute atomic E-state index is 12.3. The number of rotatable bonds is 2. The third-order valence-corrected chi connectivity index (χ3v) is 3.85. The minimum atomic E-state index is -0.487. The summed E-state index contributed by atoms with van der Waals surface area (Å²) in [5.41, 5.74) is 0.465. The van der Waals surface area contributed by atoms with Crippen LogP contribution in [0.4, 0.5) is 4.79 Å². The topological polar surface area (TPSA) is 55.8 Å². The molecule has 0 spiro atoms. The maximum atomic E-state index is 12.3. The van der Waals surface area contributed by atoms with E-state index in [1.807, 2.05) is 17.5 Å². The molecule has 0 bridgehead atoms. The molecule has 22 heavy (non-hydrogen) atoms. The maximum Gasteiger partial charge on any atom is 0.414 e. The van der Waals surface area contributed by atoms with Gasteiger partial charge in [-0.3, -0.25) is 4.79 Å². The predicted molar refractivity (Wildman–Crippen MR) is 83.4 cm³/mol. The SMILES string of the molecule is CN(C)C(=O)Oc1ccc2c(c1)OC(=Cc1cccs1)C2=O. The normalized spacial score (nSPS) is 14.6. The average Bonchev–Trinajstić information content (AvgIpc) is 3.08. The van der Waals surface area contributed by atoms with Gasteiger partial charge in [-0.05, 0) is 23.6 Å². The van der Waals surface area contributed by atoms with Gasteiger partial charge in [-0.1, -0.05) is 6.07 Å². The number of allylic oxidation sites excluding steroid dienone is 1. The van der Waals surface area contributed by atoms with Gasteiger partial charge in [-0.25, -0.2) is 4.79 Å². The van der Waals surface area contributed by atoms with Gasteiger partial charge in [0.25, 0.3) is 0 Å². The van der Waals surface area contributed by atoms with Crippen molar-refractivity contribution in [1.82, 2.24) is 4.90 Å². The minimum Gasteiger partial charge on any atom is -0.452 e. The van der Waals surface area contributed by atoms with Gasteiger partial charge >= 0.3 is 6.09 Å². The highest BCUT2D eigenvalue weighted by Crippen LogP contribution is 2.35. The number of amides is 1. The molecule has 1 aromatic heterocycles. The summed E-state index contributed by atoms with van der Waals surface area (Å²) in [5.74, 6) is 0.835. The van der Waals surface area contributed by atoms with Crippen LogP contribution in [0.3, 0.4) is 0 Å². The Hall–Kier alpha value is -2.60. The van der Waals surface area contributed by atoms with Crippen LogP contribution in [0.1, 0.15) is 15.2 Å². The Balaban J connectivity index is 1.85. The molecule has 0 N–H and O–H groups in total. The van der Waals surface area contributed by atoms with E-state index in [2.05, 4.69) is 0 Å². The molecule has 2 heterocycles. The summed E-state index contributed by atoms with van der Waals surface area (Å²) in [4.78, 5) is 26.1. The fourth-order valence-corrected chi connectivity index (χ4v) is 2.57. The lowest BCUT2D eigenvalue weighted by Crippen LogP contribution is -2.25. The Kier molecular flexibility index (Phi) is 3.68. The van der Waals surface area contributed by atoms with Gasteiger partial charge in [-0.15, -0.1) is 11.3 Å². The standard InChI is InChI=1S/C16H13NO4S/c1-17(2)16(19)20-10-5-6-12-13(8-10)21-14(15(12)18)9-11-4-3-7-22-11/h3-9H,1-2H3. The Bertz CT molecular complexity index is 762. The van der Waals surface area contributed by atoms with Gasteiger partial charge in [0.1, 0.15) is 11.5 Å². The van der Waals surface area contributed by atoms with Crippen LogP contribution in [-0.2, 0) is 0 Å². The Morgan fingerprint density at radius 3 is 2.82 bits per heavy atom. The molecule has 6 heteroatoms. The zero-order valence-corrected chi connectivity index (χ0v) is 12.8. The average molecular weight is 315 g/mol. The van der Waals surface area contributed by atoms with E-state index in [9.17, 15) is 9.59 Å². The summed E-state index contributed by atoms with van der Waals surface area (Å²) in [6.07, 6.45) is 1.22. The van der Waals surface area contributed by atoms with Crippen molar-refractivity contribution in [2.75, 3.05) is 14.1 Å². The molecule has 1 aliphatic heterocycles. The highest BCUT2D eigenvalue weighted by atomic mass is 32.1. The smallest absolute Gasteiger partial charge is 0.414 e. The van der Waals surface area contributed by atoms with E-state index < -0.39 is 6.09 Å². The van der Waals surface area contributed by atoms with Crippen LogP contribution in [0.2, 0.25) is 0 Å². The second-order valence-electron chi connectivity index (χ2n) is 4.88. The van der Waals surface area contributed by atoms with Crippen molar-refractivity contribution >= 4 is 29.3 Å². The first-order valence-corrected chi connectivity index (χ1v) is 7.43. The molecule has 1 aliphatic rings. The highest BCUT2D eigenvalue weighted by molar-refractivity contribution is 7.10. The van der Waals surface area contributed by atoms with Crippen LogP contribution < -0.4 is 9.47 Å². The van der Waals surface area contributed by atoms with E-state index >= 15 is 0 Å². The van der Waals surface area contributed by atoms with E-state index in [0.717, 1.165) is 4.88 Å². The first-order valence-electron chi connectivity index (χ1n) is 6.55. The molecule has 2 aromatic rings. The third-order valence-electron chi connectivity index (χ3n) is 3.03. The molecule has 112 valence electrons. The van der Waals surface area contributed by atoms with Crippen molar-refractivity contribution in [2.45, 2.75) is 0 Å². The highest BCUT2D eigenvalue weighted by Gasteiger charge is 2.28. The summed E-state index contributed by atoms with van der Waals surface area (Å²) in [5, 5.41) is 1.93. The number of ether oxygens (including phenoxy) is 2. The van der Waals surface area contributed by atoms with E-state index in [0.29, 0.717) is 17.1 Å². The van der Waals surface area contributed by atoms with Crippen LogP contribution in [0.15, 0.2) is 41.5 Å². The van der Waals surface area contributed by atoms with Gasteiger partial charge in [0, 0.05) is 31.1 Å². The minimum absolute atomic E-state index is 0.172. The lowest BCUT2D eigenvalue weighted by Gasteiger charge is -2.10. The molecule has 0 atom stereocenters. The number of thiophene rings is 1. The van der Waals surface area contributed by atoms with Crippen molar-refractivity contribution in [1.29, 1.82) is 0 Å². The van der Waals surface area contributed by atoms with Crippen LogP contribution in [0.25, 0.3) is 6.08 Å². The van der Waals surface area contributed by atoms with Crippen molar-refractivity contribution in [3.8, 4) is 11.5 Å². The van der Waals surface area contributed by atoms with E-state index in [4.69, 9.17) is 9.47 Å². The Labute approximate surface area is 131 Å². The molecular weight excluding hydrogens is 302 g/mol. The number of Topliss-reactive ketones (excluding diaryl/α,β-unsaturated/α-hetero) is 1. The van der Waals surface area contributed by atoms with Crippen LogP contribution >= 0.6 is 11.3 Å². The molecule has 0 fully saturated rings. The van der Waals surface area contributed by atoms with E-state index in [1.165, 1.54) is 16.2 Å². The van der Waals surface area contributed by atoms with Crippen molar-refractivity contribution in [3.05, 3.63) is 51.9 Å². The summed E-state index contributed by atoms with van der Waals surface area (Å²) in [7, 11) is 3.19. The van der Waals surface area contributed by atoms with E-state index in [-0.39, 0.29) is 11.5 Å². The molecule has 3 rings (SSSR count). The Morgan fingerprint density at radius 2 is 2.14 bits per heavy atom. The molecule has 0 aliphatic carbocycles. The molecular formula is C16H13NO4S. The number of carbonyl (C=O) groups is 2. The number of hydrogen-bond donors (Lipinski definition) is 0. The van der Waals surface area contributed by atoms with Crippen LogP contribution in [-0.4, -0.2) is 30.9 Å². The van der Waals surface area contributed by atoms with Gasteiger partial charge in [0.05, 0.1) is 5.56 Å². The summed E-state index contributed by atoms with van der Waals surface area (Å²) >= 11 is 1.52. The van der Waals surface area contributed by atoms with Gasteiger partial charge < -0.3 is 14.4 Å². The van der Waals surface area contributed by atoms with Crippen molar-refractivity contribution in [2.24, 2.45) is 0 Å². The molecule has 0 saturated heterocycles. The quantitative estimate of drug-likeness (QED) is 0.797.